The number of halogens is 1. The number of ether oxygens (including phenoxy) is 1. The zero-order valence-corrected chi connectivity index (χ0v) is 11.2. The molecule has 4 nitrogen and oxygen atoms in total. The van der Waals surface area contributed by atoms with Gasteiger partial charge in [0.25, 0.3) is 0 Å². The first-order valence-electron chi connectivity index (χ1n) is 5.95. The predicted molar refractivity (Wildman–Crippen MR) is 74.2 cm³/mol. The van der Waals surface area contributed by atoms with Crippen molar-refractivity contribution in [1.29, 1.82) is 0 Å². The molecule has 0 saturated heterocycles. The number of carbonyl (C=O) groups excluding carboxylic acids is 1. The molecule has 1 saturated carbocycles. The summed E-state index contributed by atoms with van der Waals surface area (Å²) in [5.41, 5.74) is 6.20. The van der Waals surface area contributed by atoms with Crippen LogP contribution in [-0.2, 0) is 4.79 Å². The zero-order valence-electron chi connectivity index (χ0n) is 10.4. The average molecular weight is 271 g/mol. The van der Waals surface area contributed by atoms with E-state index in [-0.39, 0.29) is 18.3 Å². The van der Waals surface area contributed by atoms with Crippen molar-refractivity contribution in [3.8, 4) is 5.75 Å². The van der Waals surface area contributed by atoms with E-state index in [4.69, 9.17) is 10.5 Å². The molecule has 0 aromatic heterocycles. The summed E-state index contributed by atoms with van der Waals surface area (Å²) in [5.74, 6) is 1.20. The Morgan fingerprint density at radius 2 is 2.17 bits per heavy atom. The number of anilines is 1. The van der Waals surface area contributed by atoms with Gasteiger partial charge in [0.05, 0.1) is 18.3 Å². The highest BCUT2D eigenvalue weighted by Gasteiger charge is 2.22. The van der Waals surface area contributed by atoms with Crippen LogP contribution in [0.25, 0.3) is 0 Å². The van der Waals surface area contributed by atoms with Crippen LogP contribution in [0.2, 0.25) is 0 Å². The average Bonchev–Trinajstić information content (AvgIpc) is 3.11. The second-order valence-corrected chi connectivity index (χ2v) is 4.53. The summed E-state index contributed by atoms with van der Waals surface area (Å²) in [6.07, 6.45) is 2.49. The fourth-order valence-corrected chi connectivity index (χ4v) is 1.43. The Labute approximate surface area is 113 Å². The van der Waals surface area contributed by atoms with Crippen LogP contribution in [0.3, 0.4) is 0 Å². The second-order valence-electron chi connectivity index (χ2n) is 4.53. The Morgan fingerprint density at radius 3 is 2.78 bits per heavy atom. The lowest BCUT2D eigenvalue weighted by atomic mass is 10.2. The van der Waals surface area contributed by atoms with E-state index in [9.17, 15) is 4.79 Å². The van der Waals surface area contributed by atoms with Crippen LogP contribution in [0.4, 0.5) is 5.69 Å². The molecule has 5 heteroatoms. The summed E-state index contributed by atoms with van der Waals surface area (Å²) in [5, 5.41) is 2.77. The highest BCUT2D eigenvalue weighted by molar-refractivity contribution is 5.95. The SMILES string of the molecule is C[C@H](N)C(=O)Nc1ccccc1OCC1CC1.Cl. The summed E-state index contributed by atoms with van der Waals surface area (Å²) < 4.78 is 5.69. The van der Waals surface area contributed by atoms with Gasteiger partial charge in [0.2, 0.25) is 5.91 Å². The molecule has 3 N–H and O–H groups in total. The summed E-state index contributed by atoms with van der Waals surface area (Å²) in [6.45, 7) is 2.38. The third-order valence-corrected chi connectivity index (χ3v) is 2.73. The number of carbonyl (C=O) groups is 1. The quantitative estimate of drug-likeness (QED) is 0.862. The fraction of sp³-hybridized carbons (Fsp3) is 0.462. The maximum Gasteiger partial charge on any atom is 0.241 e. The van der Waals surface area contributed by atoms with Gasteiger partial charge in [-0.1, -0.05) is 12.1 Å². The molecule has 0 radical (unpaired) electrons. The summed E-state index contributed by atoms with van der Waals surface area (Å²) in [4.78, 5) is 11.5. The molecule has 0 aliphatic heterocycles. The van der Waals surface area contributed by atoms with Gasteiger partial charge < -0.3 is 15.8 Å². The molecule has 1 atom stereocenters. The Bertz CT molecular complexity index is 406. The van der Waals surface area contributed by atoms with Gasteiger partial charge in [-0.25, -0.2) is 0 Å². The maximum atomic E-state index is 11.5. The van der Waals surface area contributed by atoms with Crippen molar-refractivity contribution in [3.63, 3.8) is 0 Å². The number of hydrogen-bond acceptors (Lipinski definition) is 3. The normalized spacial score (nSPS) is 15.4. The van der Waals surface area contributed by atoms with Crippen LogP contribution in [0.5, 0.6) is 5.75 Å². The molecule has 1 aliphatic rings. The highest BCUT2D eigenvalue weighted by atomic mass is 35.5. The molecule has 2 rings (SSSR count). The lowest BCUT2D eigenvalue weighted by molar-refractivity contribution is -0.117. The van der Waals surface area contributed by atoms with Gasteiger partial charge in [-0.2, -0.15) is 0 Å². The topological polar surface area (TPSA) is 64.4 Å². The zero-order chi connectivity index (χ0) is 12.3. The minimum Gasteiger partial charge on any atom is -0.491 e. The minimum absolute atomic E-state index is 0. The van der Waals surface area contributed by atoms with Crippen LogP contribution >= 0.6 is 12.4 Å². The van der Waals surface area contributed by atoms with E-state index in [0.717, 1.165) is 6.61 Å². The van der Waals surface area contributed by atoms with E-state index in [1.165, 1.54) is 12.8 Å². The van der Waals surface area contributed by atoms with Crippen LogP contribution in [0.1, 0.15) is 19.8 Å². The van der Waals surface area contributed by atoms with E-state index in [2.05, 4.69) is 5.32 Å². The number of hydrogen-bond donors (Lipinski definition) is 2. The number of rotatable bonds is 5. The predicted octanol–water partition coefficient (Wildman–Crippen LogP) is 2.18. The number of amides is 1. The number of nitrogens with one attached hydrogen (secondary N) is 1. The highest BCUT2D eigenvalue weighted by Crippen LogP contribution is 2.31. The van der Waals surface area contributed by atoms with Gasteiger partial charge in [0.1, 0.15) is 5.75 Å². The molecule has 1 aliphatic carbocycles. The first-order chi connectivity index (χ1) is 8.16. The molecule has 0 unspecified atom stereocenters. The van der Waals surface area contributed by atoms with Crippen molar-refractivity contribution >= 4 is 24.0 Å². The first-order valence-corrected chi connectivity index (χ1v) is 5.95. The molecule has 1 aromatic carbocycles. The van der Waals surface area contributed by atoms with Gasteiger partial charge in [-0.05, 0) is 37.8 Å². The van der Waals surface area contributed by atoms with Crippen molar-refractivity contribution in [2.24, 2.45) is 11.7 Å². The van der Waals surface area contributed by atoms with E-state index in [1.807, 2.05) is 24.3 Å². The van der Waals surface area contributed by atoms with E-state index >= 15 is 0 Å². The molecular weight excluding hydrogens is 252 g/mol. The first kappa shape index (κ1) is 14.8. The maximum absolute atomic E-state index is 11.5. The van der Waals surface area contributed by atoms with Gasteiger partial charge in [0.15, 0.2) is 0 Å². The van der Waals surface area contributed by atoms with Crippen molar-refractivity contribution < 1.29 is 9.53 Å². The fourth-order valence-electron chi connectivity index (χ4n) is 1.43. The van der Waals surface area contributed by atoms with E-state index < -0.39 is 6.04 Å². The van der Waals surface area contributed by atoms with Crippen molar-refractivity contribution in [2.45, 2.75) is 25.8 Å². The molecule has 100 valence electrons. The van der Waals surface area contributed by atoms with E-state index in [1.54, 1.807) is 6.92 Å². The van der Waals surface area contributed by atoms with Crippen LogP contribution in [0.15, 0.2) is 24.3 Å². The lowest BCUT2D eigenvalue weighted by Gasteiger charge is -2.13. The Balaban J connectivity index is 0.00000162. The summed E-state index contributed by atoms with van der Waals surface area (Å²) in [6, 6.07) is 6.91. The molecular formula is C13H19ClN2O2. The summed E-state index contributed by atoms with van der Waals surface area (Å²) in [7, 11) is 0. The minimum atomic E-state index is -0.522. The van der Waals surface area contributed by atoms with Crippen molar-refractivity contribution in [1.82, 2.24) is 0 Å². The molecule has 0 heterocycles. The van der Waals surface area contributed by atoms with Gasteiger partial charge in [0, 0.05) is 0 Å². The number of nitrogens with two attached hydrogens (primary N) is 1. The summed E-state index contributed by atoms with van der Waals surface area (Å²) >= 11 is 0. The molecule has 0 bridgehead atoms. The molecule has 1 fully saturated rings. The Hall–Kier alpha value is -1.26. The van der Waals surface area contributed by atoms with Gasteiger partial charge in [-0.15, -0.1) is 12.4 Å². The third-order valence-electron chi connectivity index (χ3n) is 2.73. The standard InChI is InChI=1S/C13H18N2O2.ClH/c1-9(14)13(16)15-11-4-2-3-5-12(11)17-8-10-6-7-10;/h2-5,9-10H,6-8,14H2,1H3,(H,15,16);1H/t9-;/m0./s1. The van der Waals surface area contributed by atoms with Crippen molar-refractivity contribution in [2.75, 3.05) is 11.9 Å². The molecule has 1 amide bonds. The third kappa shape index (κ3) is 4.20. The Morgan fingerprint density at radius 1 is 1.50 bits per heavy atom. The largest absolute Gasteiger partial charge is 0.491 e. The number of para-hydroxylation sites is 2. The number of benzene rings is 1. The monoisotopic (exact) mass is 270 g/mol. The lowest BCUT2D eigenvalue weighted by Crippen LogP contribution is -2.32. The molecule has 0 spiro atoms. The molecule has 18 heavy (non-hydrogen) atoms. The smallest absolute Gasteiger partial charge is 0.241 e. The second kappa shape index (κ2) is 6.61. The van der Waals surface area contributed by atoms with Crippen LogP contribution in [0, 0.1) is 5.92 Å². The van der Waals surface area contributed by atoms with Gasteiger partial charge >= 0.3 is 0 Å². The Kier molecular flexibility index (Phi) is 5.44. The van der Waals surface area contributed by atoms with Gasteiger partial charge in [-0.3, -0.25) is 4.79 Å². The molecule has 1 aromatic rings. The van der Waals surface area contributed by atoms with Crippen molar-refractivity contribution in [3.05, 3.63) is 24.3 Å². The van der Waals surface area contributed by atoms with E-state index in [0.29, 0.717) is 17.4 Å². The van der Waals surface area contributed by atoms with Crippen LogP contribution < -0.4 is 15.8 Å². The van der Waals surface area contributed by atoms with Crippen LogP contribution in [-0.4, -0.2) is 18.6 Å².